The van der Waals surface area contributed by atoms with E-state index in [1.807, 2.05) is 0 Å². The Labute approximate surface area is 95.4 Å². The molecule has 0 aromatic rings. The summed E-state index contributed by atoms with van der Waals surface area (Å²) < 4.78 is 0. The van der Waals surface area contributed by atoms with E-state index in [2.05, 4.69) is 44.8 Å². The molecule has 3 unspecified atom stereocenters. The lowest BCUT2D eigenvalue weighted by Gasteiger charge is -2.37. The molecule has 2 nitrogen and oxygen atoms in total. The fourth-order valence-corrected chi connectivity index (χ4v) is 2.33. The molecule has 0 aromatic carbocycles. The first-order valence-corrected chi connectivity index (χ1v) is 6.45. The van der Waals surface area contributed by atoms with Crippen molar-refractivity contribution in [2.75, 3.05) is 26.2 Å². The Morgan fingerprint density at radius 2 is 1.47 bits per heavy atom. The van der Waals surface area contributed by atoms with Crippen molar-refractivity contribution >= 4 is 0 Å². The van der Waals surface area contributed by atoms with Crippen molar-refractivity contribution in [1.82, 2.24) is 10.2 Å². The van der Waals surface area contributed by atoms with E-state index in [1.165, 1.54) is 26.2 Å². The summed E-state index contributed by atoms with van der Waals surface area (Å²) in [6, 6.07) is 0.716. The summed E-state index contributed by atoms with van der Waals surface area (Å²) >= 11 is 0. The quantitative estimate of drug-likeness (QED) is 0.755. The van der Waals surface area contributed by atoms with E-state index in [-0.39, 0.29) is 0 Å². The monoisotopic (exact) mass is 212 g/mol. The van der Waals surface area contributed by atoms with Crippen LogP contribution in [0.3, 0.4) is 0 Å². The number of hydrogen-bond donors (Lipinski definition) is 1. The molecule has 0 saturated carbocycles. The minimum atomic E-state index is 0.716. The Hall–Kier alpha value is -0.0800. The second kappa shape index (κ2) is 5.86. The van der Waals surface area contributed by atoms with Gasteiger partial charge in [-0.2, -0.15) is 0 Å². The lowest BCUT2D eigenvalue weighted by Crippen LogP contribution is -2.47. The largest absolute Gasteiger partial charge is 0.316 e. The molecule has 0 aliphatic carbocycles. The van der Waals surface area contributed by atoms with Crippen molar-refractivity contribution in [3.05, 3.63) is 0 Å². The summed E-state index contributed by atoms with van der Waals surface area (Å²) in [5.74, 6) is 2.31. The molecular weight excluding hydrogens is 184 g/mol. The minimum Gasteiger partial charge on any atom is -0.316 e. The van der Waals surface area contributed by atoms with Gasteiger partial charge in [0.25, 0.3) is 0 Å². The van der Waals surface area contributed by atoms with Crippen molar-refractivity contribution in [2.24, 2.45) is 17.8 Å². The summed E-state index contributed by atoms with van der Waals surface area (Å²) in [5.41, 5.74) is 0. The van der Waals surface area contributed by atoms with E-state index in [0.29, 0.717) is 6.04 Å². The first-order chi connectivity index (χ1) is 7.00. The molecule has 0 aromatic heterocycles. The number of nitrogens with one attached hydrogen (secondary N) is 1. The molecule has 1 saturated heterocycles. The van der Waals surface area contributed by atoms with Gasteiger partial charge >= 0.3 is 0 Å². The molecule has 1 rings (SSSR count). The van der Waals surface area contributed by atoms with Gasteiger partial charge in [0, 0.05) is 19.1 Å². The molecule has 15 heavy (non-hydrogen) atoms. The Bertz CT molecular complexity index is 167. The molecule has 1 N–H and O–H groups in total. The average molecular weight is 212 g/mol. The van der Waals surface area contributed by atoms with Crippen LogP contribution in [-0.4, -0.2) is 37.1 Å². The highest BCUT2D eigenvalue weighted by Crippen LogP contribution is 2.16. The standard InChI is InChI=1S/C13H28N2/c1-10(2)13(5)15-8-11(3)6-14-7-12(4)9-15/h10-14H,6-9H2,1-5H3. The molecule has 0 radical (unpaired) electrons. The van der Waals surface area contributed by atoms with Gasteiger partial charge in [-0.3, -0.25) is 4.90 Å². The zero-order valence-corrected chi connectivity index (χ0v) is 11.1. The zero-order valence-electron chi connectivity index (χ0n) is 11.1. The maximum Gasteiger partial charge on any atom is 0.00901 e. The number of rotatable bonds is 2. The van der Waals surface area contributed by atoms with Crippen LogP contribution in [0, 0.1) is 17.8 Å². The third-order valence-electron chi connectivity index (χ3n) is 3.62. The molecule has 1 aliphatic rings. The van der Waals surface area contributed by atoms with Crippen LogP contribution in [0.2, 0.25) is 0 Å². The first kappa shape index (κ1) is 13.0. The lowest BCUT2D eigenvalue weighted by molar-refractivity contribution is 0.115. The Morgan fingerprint density at radius 1 is 1.00 bits per heavy atom. The van der Waals surface area contributed by atoms with Crippen LogP contribution in [0.4, 0.5) is 0 Å². The smallest absolute Gasteiger partial charge is 0.00901 e. The van der Waals surface area contributed by atoms with Crippen LogP contribution < -0.4 is 5.32 Å². The predicted molar refractivity (Wildman–Crippen MR) is 67.1 cm³/mol. The molecule has 3 atom stereocenters. The Balaban J connectivity index is 2.57. The Kier molecular flexibility index (Phi) is 5.07. The maximum absolute atomic E-state index is 3.55. The molecule has 0 bridgehead atoms. The van der Waals surface area contributed by atoms with Gasteiger partial charge in [0.05, 0.1) is 0 Å². The maximum atomic E-state index is 3.55. The number of nitrogens with zero attached hydrogens (tertiary/aromatic N) is 1. The van der Waals surface area contributed by atoms with Gasteiger partial charge in [-0.15, -0.1) is 0 Å². The van der Waals surface area contributed by atoms with Crippen LogP contribution in [0.5, 0.6) is 0 Å². The van der Waals surface area contributed by atoms with Gasteiger partial charge in [0.15, 0.2) is 0 Å². The molecule has 2 heteroatoms. The van der Waals surface area contributed by atoms with Gasteiger partial charge in [0.2, 0.25) is 0 Å². The van der Waals surface area contributed by atoms with E-state index in [4.69, 9.17) is 0 Å². The first-order valence-electron chi connectivity index (χ1n) is 6.45. The van der Waals surface area contributed by atoms with Gasteiger partial charge in [-0.25, -0.2) is 0 Å². The van der Waals surface area contributed by atoms with E-state index in [9.17, 15) is 0 Å². The van der Waals surface area contributed by atoms with E-state index >= 15 is 0 Å². The summed E-state index contributed by atoms with van der Waals surface area (Å²) in [4.78, 5) is 2.68. The van der Waals surface area contributed by atoms with Crippen molar-refractivity contribution < 1.29 is 0 Å². The van der Waals surface area contributed by atoms with Crippen LogP contribution in [-0.2, 0) is 0 Å². The van der Waals surface area contributed by atoms with Gasteiger partial charge in [-0.1, -0.05) is 27.7 Å². The molecular formula is C13H28N2. The van der Waals surface area contributed by atoms with Crippen LogP contribution in [0.15, 0.2) is 0 Å². The minimum absolute atomic E-state index is 0.716. The second-order valence-corrected chi connectivity index (χ2v) is 5.81. The SMILES string of the molecule is CC1CNCC(C)CN(C(C)C(C)C)C1. The van der Waals surface area contributed by atoms with E-state index in [1.54, 1.807) is 0 Å². The summed E-state index contributed by atoms with van der Waals surface area (Å²) in [6.45, 7) is 16.6. The van der Waals surface area contributed by atoms with Crippen molar-refractivity contribution in [2.45, 2.75) is 40.7 Å². The molecule has 90 valence electrons. The van der Waals surface area contributed by atoms with Crippen molar-refractivity contribution in [3.63, 3.8) is 0 Å². The van der Waals surface area contributed by atoms with Crippen molar-refractivity contribution in [1.29, 1.82) is 0 Å². The molecule has 0 spiro atoms. The molecule has 0 amide bonds. The summed E-state index contributed by atoms with van der Waals surface area (Å²) in [7, 11) is 0. The fourth-order valence-electron chi connectivity index (χ4n) is 2.33. The van der Waals surface area contributed by atoms with Gasteiger partial charge < -0.3 is 5.32 Å². The fraction of sp³-hybridized carbons (Fsp3) is 1.00. The van der Waals surface area contributed by atoms with Crippen molar-refractivity contribution in [3.8, 4) is 0 Å². The predicted octanol–water partition coefficient (Wildman–Crippen LogP) is 2.21. The third-order valence-corrected chi connectivity index (χ3v) is 3.62. The van der Waals surface area contributed by atoms with Crippen LogP contribution in [0.1, 0.15) is 34.6 Å². The highest BCUT2D eigenvalue weighted by Gasteiger charge is 2.22. The summed E-state index contributed by atoms with van der Waals surface area (Å²) in [5, 5.41) is 3.55. The zero-order chi connectivity index (χ0) is 11.4. The topological polar surface area (TPSA) is 15.3 Å². The lowest BCUT2D eigenvalue weighted by atomic mass is 9.99. The normalized spacial score (nSPS) is 32.4. The van der Waals surface area contributed by atoms with Gasteiger partial charge in [0.1, 0.15) is 0 Å². The highest BCUT2D eigenvalue weighted by molar-refractivity contribution is 4.78. The third kappa shape index (κ3) is 4.12. The average Bonchev–Trinajstić information content (AvgIpc) is 2.12. The van der Waals surface area contributed by atoms with Crippen LogP contribution >= 0.6 is 0 Å². The van der Waals surface area contributed by atoms with E-state index < -0.39 is 0 Å². The molecule has 1 fully saturated rings. The second-order valence-electron chi connectivity index (χ2n) is 5.81. The van der Waals surface area contributed by atoms with Gasteiger partial charge in [-0.05, 0) is 37.8 Å². The number of hydrogen-bond acceptors (Lipinski definition) is 2. The van der Waals surface area contributed by atoms with E-state index in [0.717, 1.165) is 17.8 Å². The summed E-state index contributed by atoms with van der Waals surface area (Å²) in [6.07, 6.45) is 0. The molecule has 1 aliphatic heterocycles. The molecule has 1 heterocycles. The van der Waals surface area contributed by atoms with Crippen LogP contribution in [0.25, 0.3) is 0 Å². The highest BCUT2D eigenvalue weighted by atomic mass is 15.2. The Morgan fingerprint density at radius 3 is 1.87 bits per heavy atom.